The SMILES string of the molecule is Cc1cccc2c1NC(=O)[C@@]21N[C@H]([C@@H](C)O)[C@H]2C(=O)N(Cc3ccc(F)cc3)C(=O)[C@H]21. The van der Waals surface area contributed by atoms with Gasteiger partial charge in [0.25, 0.3) is 0 Å². The summed E-state index contributed by atoms with van der Waals surface area (Å²) in [4.78, 5) is 41.3. The summed E-state index contributed by atoms with van der Waals surface area (Å²) in [5.74, 6) is -3.59. The highest BCUT2D eigenvalue weighted by Crippen LogP contribution is 2.54. The molecule has 3 aliphatic heterocycles. The van der Waals surface area contributed by atoms with Gasteiger partial charge in [0.15, 0.2) is 0 Å². The number of hydrogen-bond acceptors (Lipinski definition) is 5. The van der Waals surface area contributed by atoms with E-state index < -0.39 is 53.1 Å². The number of carbonyl (C=O) groups is 3. The first-order valence-electron chi connectivity index (χ1n) is 10.2. The zero-order valence-electron chi connectivity index (χ0n) is 17.1. The number of para-hydroxylation sites is 1. The van der Waals surface area contributed by atoms with Crippen LogP contribution in [0, 0.1) is 24.6 Å². The Bertz CT molecular complexity index is 1120. The Kier molecular flexibility index (Phi) is 4.29. The van der Waals surface area contributed by atoms with Crippen molar-refractivity contribution in [1.29, 1.82) is 0 Å². The molecule has 2 fully saturated rings. The lowest BCUT2D eigenvalue weighted by atomic mass is 9.76. The van der Waals surface area contributed by atoms with Crippen molar-refractivity contribution < 1.29 is 23.9 Å². The van der Waals surface area contributed by atoms with E-state index >= 15 is 0 Å². The number of rotatable bonds is 3. The fourth-order valence-electron chi connectivity index (χ4n) is 5.31. The van der Waals surface area contributed by atoms with Crippen LogP contribution in [-0.4, -0.2) is 39.9 Å². The summed E-state index contributed by atoms with van der Waals surface area (Å²) in [7, 11) is 0. The summed E-state index contributed by atoms with van der Waals surface area (Å²) in [5, 5.41) is 16.5. The summed E-state index contributed by atoms with van der Waals surface area (Å²) in [6.45, 7) is 3.38. The summed E-state index contributed by atoms with van der Waals surface area (Å²) in [5.41, 5.74) is 1.26. The summed E-state index contributed by atoms with van der Waals surface area (Å²) in [6, 6.07) is 10.3. The van der Waals surface area contributed by atoms with Crippen LogP contribution in [0.3, 0.4) is 0 Å². The Morgan fingerprint density at radius 2 is 1.84 bits per heavy atom. The second kappa shape index (κ2) is 6.70. The van der Waals surface area contributed by atoms with Crippen LogP contribution in [0.25, 0.3) is 0 Å². The third-order valence-electron chi connectivity index (χ3n) is 6.76. The number of anilines is 1. The van der Waals surface area contributed by atoms with Gasteiger partial charge in [0.1, 0.15) is 11.4 Å². The zero-order chi connectivity index (χ0) is 22.1. The monoisotopic (exact) mass is 423 g/mol. The van der Waals surface area contributed by atoms with E-state index in [1.165, 1.54) is 31.2 Å². The van der Waals surface area contributed by atoms with Crippen LogP contribution in [0.1, 0.15) is 23.6 Å². The Hall–Kier alpha value is -3.10. The number of aliphatic hydroxyl groups is 1. The molecular formula is C23H22FN3O4. The molecule has 5 atom stereocenters. The van der Waals surface area contributed by atoms with Crippen molar-refractivity contribution in [3.05, 3.63) is 65.0 Å². The minimum absolute atomic E-state index is 0.0180. The Labute approximate surface area is 178 Å². The summed E-state index contributed by atoms with van der Waals surface area (Å²) < 4.78 is 13.3. The predicted molar refractivity (Wildman–Crippen MR) is 109 cm³/mol. The second-order valence-corrected chi connectivity index (χ2v) is 8.56. The molecule has 0 unspecified atom stereocenters. The van der Waals surface area contributed by atoms with Crippen molar-refractivity contribution in [1.82, 2.24) is 10.2 Å². The molecule has 1 spiro atoms. The maximum Gasteiger partial charge on any atom is 0.250 e. The third kappa shape index (κ3) is 2.61. The van der Waals surface area contributed by atoms with Crippen molar-refractivity contribution in [2.45, 2.75) is 38.1 Å². The quantitative estimate of drug-likeness (QED) is 0.649. The van der Waals surface area contributed by atoms with E-state index in [-0.39, 0.29) is 6.54 Å². The third-order valence-corrected chi connectivity index (χ3v) is 6.76. The molecular weight excluding hydrogens is 401 g/mol. The van der Waals surface area contributed by atoms with Crippen LogP contribution in [0.4, 0.5) is 10.1 Å². The van der Waals surface area contributed by atoms with Gasteiger partial charge in [0.2, 0.25) is 17.7 Å². The van der Waals surface area contributed by atoms with E-state index in [4.69, 9.17) is 0 Å². The molecule has 7 nitrogen and oxygen atoms in total. The van der Waals surface area contributed by atoms with E-state index in [2.05, 4.69) is 10.6 Å². The normalized spacial score (nSPS) is 30.0. The Balaban J connectivity index is 1.61. The molecule has 3 aliphatic rings. The number of benzene rings is 2. The topological polar surface area (TPSA) is 98.7 Å². The Morgan fingerprint density at radius 1 is 1.13 bits per heavy atom. The smallest absolute Gasteiger partial charge is 0.250 e. The van der Waals surface area contributed by atoms with Crippen LogP contribution in [0.15, 0.2) is 42.5 Å². The molecule has 0 bridgehead atoms. The lowest BCUT2D eigenvalue weighted by Gasteiger charge is -2.30. The van der Waals surface area contributed by atoms with Gasteiger partial charge in [0, 0.05) is 17.3 Å². The van der Waals surface area contributed by atoms with E-state index in [1.807, 2.05) is 13.0 Å². The average molecular weight is 423 g/mol. The standard InChI is InChI=1S/C23H22FN3O4/c1-11-4-3-5-15-18(11)25-22(31)23(15)17-16(19(26-23)12(2)28)20(29)27(21(17)30)10-13-6-8-14(24)9-7-13/h3-9,12,16-17,19,26,28H,10H2,1-2H3,(H,25,31)/t12-,16+,17+,19-,23-/m1/s1. The Morgan fingerprint density at radius 3 is 2.52 bits per heavy atom. The van der Waals surface area contributed by atoms with E-state index in [9.17, 15) is 23.9 Å². The number of fused-ring (bicyclic) bond motifs is 4. The first kappa shape index (κ1) is 19.8. The van der Waals surface area contributed by atoms with Gasteiger partial charge < -0.3 is 10.4 Å². The molecule has 3 amide bonds. The first-order valence-corrected chi connectivity index (χ1v) is 10.2. The minimum Gasteiger partial charge on any atom is -0.392 e. The largest absolute Gasteiger partial charge is 0.392 e. The summed E-state index contributed by atoms with van der Waals surface area (Å²) in [6.07, 6.45) is -0.962. The molecule has 2 aromatic rings. The zero-order valence-corrected chi connectivity index (χ0v) is 17.1. The number of carbonyl (C=O) groups excluding carboxylic acids is 3. The van der Waals surface area contributed by atoms with Crippen molar-refractivity contribution in [3.63, 3.8) is 0 Å². The molecule has 31 heavy (non-hydrogen) atoms. The van der Waals surface area contributed by atoms with Gasteiger partial charge in [-0.05, 0) is 37.1 Å². The number of nitrogens with zero attached hydrogens (tertiary/aromatic N) is 1. The fraction of sp³-hybridized carbons (Fsp3) is 0.348. The molecule has 0 saturated carbocycles. The van der Waals surface area contributed by atoms with Gasteiger partial charge in [-0.1, -0.05) is 30.3 Å². The van der Waals surface area contributed by atoms with Crippen LogP contribution in [-0.2, 0) is 26.5 Å². The van der Waals surface area contributed by atoms with Gasteiger partial charge in [-0.2, -0.15) is 0 Å². The maximum absolute atomic E-state index is 13.6. The van der Waals surface area contributed by atoms with E-state index in [0.29, 0.717) is 16.8 Å². The number of aliphatic hydroxyl groups excluding tert-OH is 1. The lowest BCUT2D eigenvalue weighted by Crippen LogP contribution is -2.54. The first-order chi connectivity index (χ1) is 14.8. The molecule has 8 heteroatoms. The number of amides is 3. The molecule has 3 heterocycles. The molecule has 2 saturated heterocycles. The molecule has 0 aliphatic carbocycles. The number of nitrogens with one attached hydrogen (secondary N) is 2. The second-order valence-electron chi connectivity index (χ2n) is 8.56. The van der Waals surface area contributed by atoms with Gasteiger partial charge in [-0.3, -0.25) is 24.6 Å². The maximum atomic E-state index is 13.6. The van der Waals surface area contributed by atoms with Crippen molar-refractivity contribution in [3.8, 4) is 0 Å². The van der Waals surface area contributed by atoms with E-state index in [0.717, 1.165) is 10.5 Å². The van der Waals surface area contributed by atoms with Crippen molar-refractivity contribution >= 4 is 23.4 Å². The fourth-order valence-corrected chi connectivity index (χ4v) is 5.31. The van der Waals surface area contributed by atoms with Crippen molar-refractivity contribution in [2.24, 2.45) is 11.8 Å². The number of imide groups is 1. The predicted octanol–water partition coefficient (Wildman–Crippen LogP) is 1.44. The highest BCUT2D eigenvalue weighted by Gasteiger charge is 2.71. The lowest BCUT2D eigenvalue weighted by molar-refractivity contribution is -0.143. The molecule has 5 rings (SSSR count). The molecule has 3 N–H and O–H groups in total. The van der Waals surface area contributed by atoms with Gasteiger partial charge in [-0.15, -0.1) is 0 Å². The minimum atomic E-state index is -1.43. The van der Waals surface area contributed by atoms with Gasteiger partial charge in [-0.25, -0.2) is 4.39 Å². The van der Waals surface area contributed by atoms with E-state index in [1.54, 1.807) is 12.1 Å². The van der Waals surface area contributed by atoms with Crippen molar-refractivity contribution in [2.75, 3.05) is 5.32 Å². The van der Waals surface area contributed by atoms with Gasteiger partial charge >= 0.3 is 0 Å². The molecule has 0 aromatic heterocycles. The van der Waals surface area contributed by atoms with Crippen LogP contribution in [0.2, 0.25) is 0 Å². The molecule has 0 radical (unpaired) electrons. The number of aryl methyl sites for hydroxylation is 1. The average Bonchev–Trinajstić information content (AvgIpc) is 3.32. The molecule has 160 valence electrons. The highest BCUT2D eigenvalue weighted by atomic mass is 19.1. The van der Waals surface area contributed by atoms with Crippen LogP contribution >= 0.6 is 0 Å². The van der Waals surface area contributed by atoms with Gasteiger partial charge in [0.05, 0.1) is 24.5 Å². The summed E-state index contributed by atoms with van der Waals surface area (Å²) >= 11 is 0. The number of halogens is 1. The number of hydrogen-bond donors (Lipinski definition) is 3. The number of likely N-dealkylation sites (tertiary alicyclic amines) is 1. The molecule has 2 aromatic carbocycles. The highest BCUT2D eigenvalue weighted by molar-refractivity contribution is 6.15. The van der Waals surface area contributed by atoms with Crippen LogP contribution < -0.4 is 10.6 Å². The van der Waals surface area contributed by atoms with Crippen LogP contribution in [0.5, 0.6) is 0 Å².